The number of ketones is 2. The Morgan fingerprint density at radius 1 is 1.05 bits per heavy atom. The summed E-state index contributed by atoms with van der Waals surface area (Å²) >= 11 is 6.52. The Labute approximate surface area is 234 Å². The van der Waals surface area contributed by atoms with Crippen molar-refractivity contribution in [3.8, 4) is 34.5 Å². The molecule has 1 N–H and O–H groups in total. The van der Waals surface area contributed by atoms with Crippen LogP contribution >= 0.6 is 11.6 Å². The van der Waals surface area contributed by atoms with Gasteiger partial charge in [-0.05, 0) is 17.7 Å². The van der Waals surface area contributed by atoms with Crippen LogP contribution in [0.1, 0.15) is 41.6 Å². The molecule has 0 amide bonds. The van der Waals surface area contributed by atoms with Crippen molar-refractivity contribution in [3.63, 3.8) is 0 Å². The first-order valence-corrected chi connectivity index (χ1v) is 12.7. The minimum Gasteiger partial charge on any atom is -0.507 e. The number of methoxy groups -OCH3 is 4. The van der Waals surface area contributed by atoms with E-state index >= 15 is 0 Å². The first kappa shape index (κ1) is 27.4. The zero-order chi connectivity index (χ0) is 28.9. The topological polar surface area (TPSA) is 136 Å². The Morgan fingerprint density at radius 2 is 1.75 bits per heavy atom. The molecule has 1 spiro atoms. The number of Topliss-reactive ketones (excluding diaryl/α,β-unsaturated/α-hetero) is 2. The van der Waals surface area contributed by atoms with Crippen LogP contribution in [-0.2, 0) is 14.3 Å². The minimum atomic E-state index is -2.01. The number of allylic oxidation sites excluding steroid dienone is 1. The minimum absolute atomic E-state index is 0.00796. The van der Waals surface area contributed by atoms with Gasteiger partial charge >= 0.3 is 5.97 Å². The lowest BCUT2D eigenvalue weighted by molar-refractivity contribution is -0.140. The second kappa shape index (κ2) is 10.1. The molecule has 0 bridgehead atoms. The Morgan fingerprint density at radius 3 is 2.40 bits per heavy atom. The van der Waals surface area contributed by atoms with E-state index in [0.29, 0.717) is 22.8 Å². The van der Waals surface area contributed by atoms with E-state index in [9.17, 15) is 19.5 Å². The number of hydrogen-bond donors (Lipinski definition) is 1. The van der Waals surface area contributed by atoms with Crippen LogP contribution in [-0.4, -0.2) is 63.5 Å². The van der Waals surface area contributed by atoms with Crippen LogP contribution in [0.15, 0.2) is 29.5 Å². The lowest BCUT2D eigenvalue weighted by atomic mass is 9.69. The quantitative estimate of drug-likeness (QED) is 0.477. The van der Waals surface area contributed by atoms with Gasteiger partial charge in [-0.3, -0.25) is 14.4 Å². The number of aliphatic hydroxyl groups is 1. The molecule has 3 aliphatic rings. The summed E-state index contributed by atoms with van der Waals surface area (Å²) in [5, 5.41) is 11.9. The lowest BCUT2D eigenvalue weighted by Crippen LogP contribution is -2.53. The highest BCUT2D eigenvalue weighted by molar-refractivity contribution is 6.35. The van der Waals surface area contributed by atoms with Crippen molar-refractivity contribution in [2.75, 3.05) is 35.2 Å². The van der Waals surface area contributed by atoms with E-state index < -0.39 is 40.7 Å². The summed E-state index contributed by atoms with van der Waals surface area (Å²) in [7, 11) is 5.41. The highest BCUT2D eigenvalue weighted by Gasteiger charge is 2.61. The fraction of sp³-hybridized carbons (Fsp3) is 0.393. The van der Waals surface area contributed by atoms with Crippen molar-refractivity contribution < 1.29 is 52.6 Å². The molecule has 2 aliphatic heterocycles. The number of hydrogen-bond acceptors (Lipinski definition) is 11. The largest absolute Gasteiger partial charge is 0.507 e. The van der Waals surface area contributed by atoms with E-state index in [-0.39, 0.29) is 53.0 Å². The van der Waals surface area contributed by atoms with Gasteiger partial charge in [0.15, 0.2) is 28.8 Å². The molecule has 1 aliphatic carbocycles. The average Bonchev–Trinajstić information content (AvgIpc) is 3.55. The zero-order valence-corrected chi connectivity index (χ0v) is 23.2. The van der Waals surface area contributed by atoms with Crippen molar-refractivity contribution in [1.82, 2.24) is 0 Å². The van der Waals surface area contributed by atoms with Crippen LogP contribution in [0.4, 0.5) is 0 Å². The summed E-state index contributed by atoms with van der Waals surface area (Å²) in [6.07, 6.45) is -0.510. The molecular formula is C28H27ClO11. The predicted molar refractivity (Wildman–Crippen MR) is 139 cm³/mol. The molecule has 5 rings (SSSR count). The van der Waals surface area contributed by atoms with Crippen molar-refractivity contribution >= 4 is 29.1 Å². The SMILES string of the molecule is COC(=O)C[C@@H](C1=C(O)[C@@]2(Oc3c(Cl)c(OC)cc(OC)c3C2=O)[C@H](C)CC1=O)c1cc(OC)c2c(c1)OCO2. The zero-order valence-electron chi connectivity index (χ0n) is 22.4. The first-order chi connectivity index (χ1) is 19.1. The molecule has 3 atom stereocenters. The molecule has 2 aromatic carbocycles. The van der Waals surface area contributed by atoms with Gasteiger partial charge in [-0.1, -0.05) is 18.5 Å². The van der Waals surface area contributed by atoms with Crippen LogP contribution < -0.4 is 28.4 Å². The van der Waals surface area contributed by atoms with Crippen LogP contribution in [0, 0.1) is 5.92 Å². The molecule has 212 valence electrons. The highest BCUT2D eigenvalue weighted by atomic mass is 35.5. The van der Waals surface area contributed by atoms with Gasteiger partial charge in [-0.25, -0.2) is 0 Å². The molecule has 12 heteroatoms. The Hall–Kier alpha value is -4.12. The van der Waals surface area contributed by atoms with Crippen molar-refractivity contribution in [2.45, 2.75) is 31.3 Å². The van der Waals surface area contributed by atoms with E-state index in [2.05, 4.69) is 0 Å². The monoisotopic (exact) mass is 574 g/mol. The molecule has 0 saturated heterocycles. The Balaban J connectivity index is 1.73. The molecule has 0 fully saturated rings. The lowest BCUT2D eigenvalue weighted by Gasteiger charge is -2.38. The van der Waals surface area contributed by atoms with E-state index in [0.717, 1.165) is 0 Å². The van der Waals surface area contributed by atoms with E-state index in [1.54, 1.807) is 19.1 Å². The summed E-state index contributed by atoms with van der Waals surface area (Å²) in [5.74, 6) is -2.96. The molecule has 2 aromatic rings. The van der Waals surface area contributed by atoms with Gasteiger partial charge in [0.1, 0.15) is 22.1 Å². The van der Waals surface area contributed by atoms with Gasteiger partial charge in [-0.2, -0.15) is 0 Å². The summed E-state index contributed by atoms with van der Waals surface area (Å²) in [6.45, 7) is 1.57. The molecule has 0 radical (unpaired) electrons. The van der Waals surface area contributed by atoms with E-state index in [1.807, 2.05) is 0 Å². The van der Waals surface area contributed by atoms with Gasteiger partial charge < -0.3 is 38.3 Å². The molecule has 0 saturated carbocycles. The number of rotatable bonds is 7. The third kappa shape index (κ3) is 3.90. The summed E-state index contributed by atoms with van der Waals surface area (Å²) in [4.78, 5) is 40.3. The van der Waals surface area contributed by atoms with Gasteiger partial charge in [0.25, 0.3) is 0 Å². The molecule has 11 nitrogen and oxygen atoms in total. The predicted octanol–water partition coefficient (Wildman–Crippen LogP) is 4.18. The van der Waals surface area contributed by atoms with Gasteiger partial charge in [-0.15, -0.1) is 0 Å². The fourth-order valence-corrected chi connectivity index (χ4v) is 5.79. The first-order valence-electron chi connectivity index (χ1n) is 12.3. The number of carbonyl (C=O) groups excluding carboxylic acids is 3. The van der Waals surface area contributed by atoms with Crippen LogP contribution in [0.2, 0.25) is 5.02 Å². The average molecular weight is 575 g/mol. The summed E-state index contributed by atoms with van der Waals surface area (Å²) in [5.41, 5.74) is -1.78. The molecule has 0 aromatic heterocycles. The normalized spacial score (nSPS) is 21.7. The van der Waals surface area contributed by atoms with E-state index in [4.69, 9.17) is 44.8 Å². The maximum atomic E-state index is 14.1. The van der Waals surface area contributed by atoms with Crippen molar-refractivity contribution in [3.05, 3.63) is 45.7 Å². The van der Waals surface area contributed by atoms with Gasteiger partial charge in [0, 0.05) is 29.9 Å². The number of carbonyl (C=O) groups is 3. The number of ether oxygens (including phenoxy) is 7. The van der Waals surface area contributed by atoms with Gasteiger partial charge in [0.05, 0.1) is 34.9 Å². The van der Waals surface area contributed by atoms with E-state index in [1.165, 1.54) is 34.5 Å². The fourth-order valence-electron chi connectivity index (χ4n) is 5.53. The molecule has 2 heterocycles. The van der Waals surface area contributed by atoms with Crippen LogP contribution in [0.3, 0.4) is 0 Å². The standard InChI is InChI=1S/C28H27ClO11/c1-12-6-15(30)21(14(9-20(31)37-5)13-7-18(36-4)24-19(8-13)38-11-39-24)26(32)28(12)27(33)22-16(34-2)10-17(35-3)23(29)25(22)40-28/h7-8,10,12,14,32H,6,9,11H2,1-5H3/t12-,14-,28+/m1/s1. The molecular weight excluding hydrogens is 548 g/mol. The maximum absolute atomic E-state index is 14.1. The van der Waals surface area contributed by atoms with Crippen molar-refractivity contribution in [2.24, 2.45) is 5.92 Å². The molecule has 0 unspecified atom stereocenters. The maximum Gasteiger partial charge on any atom is 0.306 e. The number of halogens is 1. The number of esters is 1. The summed E-state index contributed by atoms with van der Waals surface area (Å²) in [6, 6.07) is 4.62. The third-order valence-electron chi connectivity index (χ3n) is 7.54. The number of fused-ring (bicyclic) bond motifs is 2. The third-order valence-corrected chi connectivity index (χ3v) is 7.90. The van der Waals surface area contributed by atoms with Crippen LogP contribution in [0.5, 0.6) is 34.5 Å². The van der Waals surface area contributed by atoms with Gasteiger partial charge in [0.2, 0.25) is 23.9 Å². The second-order valence-electron chi connectivity index (χ2n) is 9.55. The number of benzene rings is 2. The summed E-state index contributed by atoms with van der Waals surface area (Å²) < 4.78 is 38.3. The second-order valence-corrected chi connectivity index (χ2v) is 9.92. The Bertz CT molecular complexity index is 1460. The van der Waals surface area contributed by atoms with Crippen molar-refractivity contribution in [1.29, 1.82) is 0 Å². The smallest absolute Gasteiger partial charge is 0.306 e. The number of aliphatic hydroxyl groups excluding tert-OH is 1. The Kier molecular flexibility index (Phi) is 6.95. The van der Waals surface area contributed by atoms with Crippen LogP contribution in [0.25, 0.3) is 0 Å². The highest BCUT2D eigenvalue weighted by Crippen LogP contribution is 2.56. The molecule has 40 heavy (non-hydrogen) atoms.